The summed E-state index contributed by atoms with van der Waals surface area (Å²) in [5.41, 5.74) is 1.18. The summed E-state index contributed by atoms with van der Waals surface area (Å²) in [5, 5.41) is 9.23. The van der Waals surface area contributed by atoms with Gasteiger partial charge in [0, 0.05) is 38.6 Å². The average Bonchev–Trinajstić information content (AvgIpc) is 3.16. The molecule has 1 N–H and O–H groups in total. The fourth-order valence-electron chi connectivity index (χ4n) is 4.32. The summed E-state index contributed by atoms with van der Waals surface area (Å²) in [6.07, 6.45) is 2.84. The van der Waals surface area contributed by atoms with Gasteiger partial charge < -0.3 is 19.5 Å². The van der Waals surface area contributed by atoms with E-state index in [9.17, 15) is 14.7 Å². The Bertz CT molecular complexity index is 714. The molecule has 0 unspecified atom stereocenters. The first kappa shape index (κ1) is 18.1. The molecule has 1 aromatic carbocycles. The summed E-state index contributed by atoms with van der Waals surface area (Å²) >= 11 is 0. The van der Waals surface area contributed by atoms with Crippen LogP contribution in [0.25, 0.3) is 0 Å². The number of amides is 1. The van der Waals surface area contributed by atoms with Gasteiger partial charge in [-0.05, 0) is 37.0 Å². The van der Waals surface area contributed by atoms with E-state index in [0.29, 0.717) is 25.9 Å². The predicted octanol–water partition coefficient (Wildman–Crippen LogP) is 1.95. The van der Waals surface area contributed by atoms with Gasteiger partial charge in [0.1, 0.15) is 0 Å². The lowest BCUT2D eigenvalue weighted by molar-refractivity contribution is -0.146. The highest BCUT2D eigenvalue weighted by Crippen LogP contribution is 2.33. The van der Waals surface area contributed by atoms with Crippen LogP contribution in [0.1, 0.15) is 31.2 Å². The van der Waals surface area contributed by atoms with E-state index in [1.165, 1.54) is 5.56 Å². The minimum Gasteiger partial charge on any atom is -0.481 e. The van der Waals surface area contributed by atoms with Crippen LogP contribution in [0, 0.1) is 11.8 Å². The van der Waals surface area contributed by atoms with Gasteiger partial charge in [-0.25, -0.2) is 0 Å². The second-order valence-electron chi connectivity index (χ2n) is 7.69. The van der Waals surface area contributed by atoms with Crippen molar-refractivity contribution >= 4 is 11.9 Å². The van der Waals surface area contributed by atoms with Crippen molar-refractivity contribution in [1.82, 2.24) is 9.80 Å². The summed E-state index contributed by atoms with van der Waals surface area (Å²) in [7, 11) is 0. The molecule has 1 amide bonds. The van der Waals surface area contributed by atoms with Crippen LogP contribution >= 0.6 is 0 Å². The quantitative estimate of drug-likeness (QED) is 0.868. The Morgan fingerprint density at radius 2 is 1.78 bits per heavy atom. The number of hydrogen-bond donors (Lipinski definition) is 1. The molecule has 0 aromatic heterocycles. The molecule has 27 heavy (non-hydrogen) atoms. The third-order valence-corrected chi connectivity index (χ3v) is 5.90. The Labute approximate surface area is 158 Å². The highest BCUT2D eigenvalue weighted by Gasteiger charge is 2.34. The van der Waals surface area contributed by atoms with E-state index in [0.717, 1.165) is 44.0 Å². The fraction of sp³-hybridized carbons (Fsp3) is 0.600. The van der Waals surface area contributed by atoms with Crippen molar-refractivity contribution in [3.63, 3.8) is 0 Å². The second-order valence-corrected chi connectivity index (χ2v) is 7.69. The molecule has 1 saturated carbocycles. The van der Waals surface area contributed by atoms with E-state index in [-0.39, 0.29) is 24.5 Å². The van der Waals surface area contributed by atoms with E-state index >= 15 is 0 Å². The number of carboxylic acid groups (broad SMARTS) is 1. The van der Waals surface area contributed by atoms with Crippen molar-refractivity contribution in [3.8, 4) is 11.5 Å². The molecule has 7 heteroatoms. The molecule has 0 spiro atoms. The lowest BCUT2D eigenvalue weighted by Crippen LogP contribution is -2.50. The zero-order valence-electron chi connectivity index (χ0n) is 15.4. The third kappa shape index (κ3) is 4.03. The molecule has 7 nitrogen and oxygen atoms in total. The van der Waals surface area contributed by atoms with Crippen molar-refractivity contribution in [1.29, 1.82) is 0 Å². The molecule has 2 fully saturated rings. The zero-order chi connectivity index (χ0) is 18.8. The molecule has 3 aliphatic rings. The number of rotatable bonds is 4. The molecule has 2 atom stereocenters. The monoisotopic (exact) mass is 374 g/mol. The lowest BCUT2D eigenvalue weighted by Gasteiger charge is -2.37. The van der Waals surface area contributed by atoms with E-state index in [4.69, 9.17) is 9.47 Å². The van der Waals surface area contributed by atoms with Crippen LogP contribution < -0.4 is 9.47 Å². The highest BCUT2D eigenvalue weighted by atomic mass is 16.7. The fourth-order valence-corrected chi connectivity index (χ4v) is 4.32. The molecule has 1 aliphatic carbocycles. The third-order valence-electron chi connectivity index (χ3n) is 5.90. The summed E-state index contributed by atoms with van der Waals surface area (Å²) < 4.78 is 10.8. The first-order valence-corrected chi connectivity index (χ1v) is 9.72. The lowest BCUT2D eigenvalue weighted by atomic mass is 9.80. The predicted molar refractivity (Wildman–Crippen MR) is 97.5 cm³/mol. The number of piperazine rings is 1. The van der Waals surface area contributed by atoms with Gasteiger partial charge in [-0.15, -0.1) is 0 Å². The highest BCUT2D eigenvalue weighted by molar-refractivity contribution is 5.80. The van der Waals surface area contributed by atoms with E-state index in [1.54, 1.807) is 0 Å². The molecule has 2 heterocycles. The molecule has 1 saturated heterocycles. The van der Waals surface area contributed by atoms with E-state index in [1.807, 2.05) is 17.0 Å². The zero-order valence-corrected chi connectivity index (χ0v) is 15.4. The van der Waals surface area contributed by atoms with Gasteiger partial charge in [-0.3, -0.25) is 14.5 Å². The van der Waals surface area contributed by atoms with Gasteiger partial charge in [0.25, 0.3) is 0 Å². The van der Waals surface area contributed by atoms with Crippen molar-refractivity contribution in [2.24, 2.45) is 11.8 Å². The Morgan fingerprint density at radius 1 is 1.04 bits per heavy atom. The molecule has 1 aromatic rings. The van der Waals surface area contributed by atoms with E-state index < -0.39 is 5.97 Å². The van der Waals surface area contributed by atoms with Gasteiger partial charge in [0.15, 0.2) is 11.5 Å². The Kier molecular flexibility index (Phi) is 5.20. The second kappa shape index (κ2) is 7.76. The minimum atomic E-state index is -0.763. The SMILES string of the molecule is O=C(O)[C@H]1CCC[C@@H](C(=O)N2CCN(Cc3ccc4c(c3)OCO4)CC2)C1. The molecular formula is C20H26N2O5. The molecular weight excluding hydrogens is 348 g/mol. The van der Waals surface area contributed by atoms with Crippen LogP contribution in [0.4, 0.5) is 0 Å². The Hall–Kier alpha value is -2.28. The van der Waals surface area contributed by atoms with Crippen LogP contribution in [-0.2, 0) is 16.1 Å². The van der Waals surface area contributed by atoms with Crippen molar-refractivity contribution in [2.75, 3.05) is 33.0 Å². The number of carbonyl (C=O) groups is 2. The summed E-state index contributed by atoms with van der Waals surface area (Å²) in [6, 6.07) is 6.02. The molecule has 0 radical (unpaired) electrons. The van der Waals surface area contributed by atoms with Gasteiger partial charge in [0.05, 0.1) is 5.92 Å². The molecule has 4 rings (SSSR count). The number of hydrogen-bond acceptors (Lipinski definition) is 5. The smallest absolute Gasteiger partial charge is 0.306 e. The summed E-state index contributed by atoms with van der Waals surface area (Å²) in [5.74, 6) is 0.484. The van der Waals surface area contributed by atoms with Gasteiger partial charge in [0.2, 0.25) is 12.7 Å². The normalized spacial score (nSPS) is 25.4. The molecule has 146 valence electrons. The molecule has 0 bridgehead atoms. The van der Waals surface area contributed by atoms with Gasteiger partial charge in [-0.2, -0.15) is 0 Å². The number of benzene rings is 1. The number of aliphatic carboxylic acids is 1. The standard InChI is InChI=1S/C20H26N2O5/c23-19(15-2-1-3-16(11-15)20(24)25)22-8-6-21(7-9-22)12-14-4-5-17-18(10-14)27-13-26-17/h4-5,10,15-16H,1-3,6-9,11-13H2,(H,24,25)/t15-,16+/m1/s1. The maximum Gasteiger partial charge on any atom is 0.306 e. The van der Waals surface area contributed by atoms with Crippen molar-refractivity contribution < 1.29 is 24.2 Å². The minimum absolute atomic E-state index is 0.125. The van der Waals surface area contributed by atoms with Crippen LogP contribution in [0.5, 0.6) is 11.5 Å². The number of carboxylic acids is 1. The number of nitrogens with zero attached hydrogens (tertiary/aromatic N) is 2. The first-order valence-electron chi connectivity index (χ1n) is 9.72. The van der Waals surface area contributed by atoms with Crippen LogP contribution in [-0.4, -0.2) is 59.8 Å². The van der Waals surface area contributed by atoms with Gasteiger partial charge in [-0.1, -0.05) is 12.5 Å². The van der Waals surface area contributed by atoms with Crippen molar-refractivity contribution in [2.45, 2.75) is 32.2 Å². The Balaban J connectivity index is 1.28. The number of carbonyl (C=O) groups excluding carboxylic acids is 1. The van der Waals surface area contributed by atoms with Gasteiger partial charge >= 0.3 is 5.97 Å². The molecule has 2 aliphatic heterocycles. The maximum absolute atomic E-state index is 12.8. The Morgan fingerprint density at radius 3 is 2.56 bits per heavy atom. The maximum atomic E-state index is 12.8. The van der Waals surface area contributed by atoms with Crippen LogP contribution in [0.2, 0.25) is 0 Å². The van der Waals surface area contributed by atoms with Crippen LogP contribution in [0.15, 0.2) is 18.2 Å². The largest absolute Gasteiger partial charge is 0.481 e. The number of fused-ring (bicyclic) bond motifs is 1. The average molecular weight is 374 g/mol. The summed E-state index contributed by atoms with van der Waals surface area (Å²) in [6.45, 7) is 4.17. The van der Waals surface area contributed by atoms with E-state index in [2.05, 4.69) is 11.0 Å². The summed E-state index contributed by atoms with van der Waals surface area (Å²) in [4.78, 5) is 28.3. The van der Waals surface area contributed by atoms with Crippen molar-refractivity contribution in [3.05, 3.63) is 23.8 Å². The first-order chi connectivity index (χ1) is 13.1. The topological polar surface area (TPSA) is 79.3 Å². The van der Waals surface area contributed by atoms with Crippen LogP contribution in [0.3, 0.4) is 0 Å². The number of ether oxygens (including phenoxy) is 2.